The maximum atomic E-state index is 11.4. The van der Waals surface area contributed by atoms with Gasteiger partial charge in [0.15, 0.2) is 5.79 Å². The van der Waals surface area contributed by atoms with Crippen LogP contribution in [0.15, 0.2) is 0 Å². The summed E-state index contributed by atoms with van der Waals surface area (Å²) in [4.78, 5) is 21.9. The van der Waals surface area contributed by atoms with Crippen molar-refractivity contribution in [3.63, 3.8) is 0 Å². The fourth-order valence-corrected chi connectivity index (χ4v) is 2.02. The van der Waals surface area contributed by atoms with Crippen LogP contribution in [0.4, 0.5) is 0 Å². The van der Waals surface area contributed by atoms with Gasteiger partial charge in [0.1, 0.15) is 5.92 Å². The molecule has 0 saturated carbocycles. The van der Waals surface area contributed by atoms with Crippen molar-refractivity contribution in [3.8, 4) is 0 Å². The molecule has 20 heavy (non-hydrogen) atoms. The van der Waals surface area contributed by atoms with Crippen LogP contribution in [-0.4, -0.2) is 41.2 Å². The van der Waals surface area contributed by atoms with Gasteiger partial charge in [0.2, 0.25) is 0 Å². The average molecular weight is 290 g/mol. The summed E-state index contributed by atoms with van der Waals surface area (Å²) in [5.41, 5.74) is 0. The van der Waals surface area contributed by atoms with Gasteiger partial charge in [0.05, 0.1) is 6.61 Å². The van der Waals surface area contributed by atoms with Gasteiger partial charge in [-0.1, -0.05) is 13.3 Å². The fourth-order valence-electron chi connectivity index (χ4n) is 2.02. The van der Waals surface area contributed by atoms with Gasteiger partial charge >= 0.3 is 11.9 Å². The van der Waals surface area contributed by atoms with Crippen LogP contribution in [0.3, 0.4) is 0 Å². The highest BCUT2D eigenvalue weighted by molar-refractivity contribution is 5.71. The van der Waals surface area contributed by atoms with Gasteiger partial charge in [0.25, 0.3) is 0 Å². The van der Waals surface area contributed by atoms with Gasteiger partial charge in [-0.2, -0.15) is 0 Å². The Morgan fingerprint density at radius 3 is 2.25 bits per heavy atom. The van der Waals surface area contributed by atoms with Crippen LogP contribution in [0.25, 0.3) is 0 Å². The molecule has 6 heteroatoms. The van der Waals surface area contributed by atoms with Crippen LogP contribution in [-0.2, 0) is 19.1 Å². The van der Waals surface area contributed by atoms with E-state index in [1.807, 2.05) is 6.92 Å². The third-order valence-corrected chi connectivity index (χ3v) is 3.13. The predicted molar refractivity (Wildman–Crippen MR) is 73.5 cm³/mol. The lowest BCUT2D eigenvalue weighted by atomic mass is 9.93. The number of hydrogen-bond acceptors (Lipinski definition) is 4. The van der Waals surface area contributed by atoms with E-state index in [4.69, 9.17) is 14.6 Å². The Morgan fingerprint density at radius 2 is 1.80 bits per heavy atom. The molecule has 0 fully saturated rings. The van der Waals surface area contributed by atoms with Gasteiger partial charge in [0, 0.05) is 13.0 Å². The first kappa shape index (κ1) is 18.9. The first-order valence-corrected chi connectivity index (χ1v) is 7.09. The molecule has 0 radical (unpaired) electrons. The molecule has 118 valence electrons. The van der Waals surface area contributed by atoms with Crippen LogP contribution in [0, 0.1) is 5.92 Å². The molecule has 0 saturated heterocycles. The Morgan fingerprint density at radius 1 is 1.15 bits per heavy atom. The van der Waals surface area contributed by atoms with Gasteiger partial charge < -0.3 is 19.7 Å². The lowest BCUT2D eigenvalue weighted by Gasteiger charge is -2.35. The summed E-state index contributed by atoms with van der Waals surface area (Å²) in [7, 11) is 0. The van der Waals surface area contributed by atoms with E-state index in [1.165, 1.54) is 0 Å². The SMILES string of the molecule is CCCCOC(C)(OCC)C(CCCC(=O)O)C(=O)O. The van der Waals surface area contributed by atoms with E-state index in [-0.39, 0.29) is 19.3 Å². The second-order valence-corrected chi connectivity index (χ2v) is 4.83. The van der Waals surface area contributed by atoms with Crippen LogP contribution < -0.4 is 0 Å². The van der Waals surface area contributed by atoms with Crippen molar-refractivity contribution >= 4 is 11.9 Å². The maximum absolute atomic E-state index is 11.4. The lowest BCUT2D eigenvalue weighted by molar-refractivity contribution is -0.256. The van der Waals surface area contributed by atoms with Crippen LogP contribution in [0.1, 0.15) is 52.9 Å². The smallest absolute Gasteiger partial charge is 0.311 e. The summed E-state index contributed by atoms with van der Waals surface area (Å²) in [6, 6.07) is 0. The van der Waals surface area contributed by atoms with Crippen molar-refractivity contribution in [3.05, 3.63) is 0 Å². The molecule has 0 aliphatic rings. The highest BCUT2D eigenvalue weighted by Gasteiger charge is 2.40. The first-order valence-electron chi connectivity index (χ1n) is 7.09. The van der Waals surface area contributed by atoms with E-state index in [0.717, 1.165) is 12.8 Å². The highest BCUT2D eigenvalue weighted by atomic mass is 16.7. The number of ether oxygens (including phenoxy) is 2. The van der Waals surface area contributed by atoms with E-state index in [9.17, 15) is 14.7 Å². The first-order chi connectivity index (χ1) is 9.37. The average Bonchev–Trinajstić information content (AvgIpc) is 2.34. The van der Waals surface area contributed by atoms with Crippen molar-refractivity contribution in [2.24, 2.45) is 5.92 Å². The molecule has 0 spiro atoms. The fraction of sp³-hybridized carbons (Fsp3) is 0.857. The van der Waals surface area contributed by atoms with E-state index in [0.29, 0.717) is 13.2 Å². The van der Waals surface area contributed by atoms with E-state index < -0.39 is 23.6 Å². The number of hydrogen-bond donors (Lipinski definition) is 2. The molecule has 2 N–H and O–H groups in total. The number of carboxylic acids is 2. The molecule has 0 aromatic rings. The third-order valence-electron chi connectivity index (χ3n) is 3.13. The zero-order valence-electron chi connectivity index (χ0n) is 12.6. The summed E-state index contributed by atoms with van der Waals surface area (Å²) in [5, 5.41) is 18.0. The van der Waals surface area contributed by atoms with E-state index >= 15 is 0 Å². The van der Waals surface area contributed by atoms with Crippen LogP contribution in [0.2, 0.25) is 0 Å². The summed E-state index contributed by atoms with van der Waals surface area (Å²) >= 11 is 0. The second-order valence-electron chi connectivity index (χ2n) is 4.83. The standard InChI is InChI=1S/C14H26O6/c1-4-6-10-20-14(3,19-5-2)11(13(17)18)8-7-9-12(15)16/h11H,4-10H2,1-3H3,(H,15,16)(H,17,18). The van der Waals surface area contributed by atoms with Gasteiger partial charge in [-0.25, -0.2) is 0 Å². The molecule has 0 aromatic heterocycles. The van der Waals surface area contributed by atoms with Gasteiger partial charge in [-0.15, -0.1) is 0 Å². The van der Waals surface area contributed by atoms with Crippen LogP contribution in [0.5, 0.6) is 0 Å². The molecule has 0 rings (SSSR count). The van der Waals surface area contributed by atoms with Crippen molar-refractivity contribution in [2.45, 2.75) is 58.7 Å². The lowest BCUT2D eigenvalue weighted by Crippen LogP contribution is -2.45. The molecule has 6 nitrogen and oxygen atoms in total. The molecule has 0 amide bonds. The minimum absolute atomic E-state index is 0.0546. The monoisotopic (exact) mass is 290 g/mol. The predicted octanol–water partition coefficient (Wildman–Crippen LogP) is 2.51. The Hall–Kier alpha value is -1.14. The molecule has 2 unspecified atom stereocenters. The molecule has 0 bridgehead atoms. The Kier molecular flexibility index (Phi) is 9.16. The maximum Gasteiger partial charge on any atom is 0.311 e. The Bertz CT molecular complexity index is 304. The molecule has 0 heterocycles. The quantitative estimate of drug-likeness (QED) is 0.424. The summed E-state index contributed by atoms with van der Waals surface area (Å²) in [6.45, 7) is 6.17. The number of unbranched alkanes of at least 4 members (excludes halogenated alkanes) is 1. The summed E-state index contributed by atoms with van der Waals surface area (Å²) in [6.07, 6.45) is 2.21. The van der Waals surface area contributed by atoms with Crippen molar-refractivity contribution in [1.29, 1.82) is 0 Å². The van der Waals surface area contributed by atoms with Crippen molar-refractivity contribution in [2.75, 3.05) is 13.2 Å². The Balaban J connectivity index is 4.73. The van der Waals surface area contributed by atoms with Crippen molar-refractivity contribution in [1.82, 2.24) is 0 Å². The highest BCUT2D eigenvalue weighted by Crippen LogP contribution is 2.29. The molecular weight excluding hydrogens is 264 g/mol. The zero-order valence-corrected chi connectivity index (χ0v) is 12.6. The zero-order chi connectivity index (χ0) is 15.6. The molecule has 0 aromatic carbocycles. The number of carbonyl (C=O) groups is 2. The summed E-state index contributed by atoms with van der Waals surface area (Å²) in [5.74, 6) is -4.05. The second kappa shape index (κ2) is 9.72. The molecule has 0 aliphatic heterocycles. The largest absolute Gasteiger partial charge is 0.481 e. The van der Waals surface area contributed by atoms with Crippen LogP contribution >= 0.6 is 0 Å². The number of rotatable bonds is 12. The normalized spacial score (nSPS) is 15.6. The van der Waals surface area contributed by atoms with E-state index in [1.54, 1.807) is 13.8 Å². The molecule has 0 aliphatic carbocycles. The third kappa shape index (κ3) is 6.86. The minimum Gasteiger partial charge on any atom is -0.481 e. The number of aliphatic carboxylic acids is 2. The molecule has 2 atom stereocenters. The topological polar surface area (TPSA) is 93.1 Å². The van der Waals surface area contributed by atoms with Gasteiger partial charge in [-0.05, 0) is 33.1 Å². The number of carboxylic acid groups (broad SMARTS) is 2. The molecular formula is C14H26O6. The minimum atomic E-state index is -1.21. The summed E-state index contributed by atoms with van der Waals surface area (Å²) < 4.78 is 11.1. The Labute approximate surface area is 120 Å². The van der Waals surface area contributed by atoms with E-state index in [2.05, 4.69) is 0 Å². The van der Waals surface area contributed by atoms with Crippen molar-refractivity contribution < 1.29 is 29.3 Å². The van der Waals surface area contributed by atoms with Gasteiger partial charge in [-0.3, -0.25) is 9.59 Å².